The monoisotopic (exact) mass is 303 g/mol. The molecule has 110 valence electrons. The topological polar surface area (TPSA) is 68.0 Å². The van der Waals surface area contributed by atoms with E-state index in [-0.39, 0.29) is 11.3 Å². The van der Waals surface area contributed by atoms with Crippen molar-refractivity contribution in [2.24, 2.45) is 0 Å². The predicted molar refractivity (Wildman–Crippen MR) is 62.8 cm³/mol. The maximum absolute atomic E-state index is 13.4. The molecule has 0 saturated heterocycles. The van der Waals surface area contributed by atoms with Crippen molar-refractivity contribution in [3.05, 3.63) is 53.1 Å². The van der Waals surface area contributed by atoms with Crippen LogP contribution in [0.4, 0.5) is 33.3 Å². The first-order chi connectivity index (χ1) is 9.84. The number of hydrogen-bond acceptors (Lipinski definition) is 3. The number of nitrogen functional groups attached to an aromatic ring is 1. The molecular weight excluding hydrogens is 297 g/mol. The lowest BCUT2D eigenvalue weighted by Crippen LogP contribution is -2.18. The van der Waals surface area contributed by atoms with Crippen molar-refractivity contribution in [2.45, 2.75) is 0 Å². The van der Waals surface area contributed by atoms with Crippen LogP contribution in [-0.2, 0) is 0 Å². The van der Waals surface area contributed by atoms with Crippen LogP contribution in [0.25, 0.3) is 0 Å². The number of pyridine rings is 1. The van der Waals surface area contributed by atoms with E-state index in [4.69, 9.17) is 5.73 Å². The van der Waals surface area contributed by atoms with Gasteiger partial charge < -0.3 is 11.1 Å². The molecule has 0 saturated carbocycles. The van der Waals surface area contributed by atoms with E-state index in [1.807, 2.05) is 0 Å². The molecule has 9 heteroatoms. The molecule has 4 nitrogen and oxygen atoms in total. The average Bonchev–Trinajstić information content (AvgIpc) is 2.48. The van der Waals surface area contributed by atoms with Crippen molar-refractivity contribution >= 4 is 17.3 Å². The number of anilines is 2. The standard InChI is InChI=1S/C12H6F5N3O/c13-6-7(14)9(16)11(10(17)8(6)15)20-12(21)4-3-19-2-1-5(4)18/h1-3H,(H2,18,19)(H,20,21). The maximum Gasteiger partial charge on any atom is 0.259 e. The Bertz CT molecular complexity index is 706. The molecule has 1 amide bonds. The minimum Gasteiger partial charge on any atom is -0.398 e. The van der Waals surface area contributed by atoms with E-state index in [1.54, 1.807) is 5.32 Å². The van der Waals surface area contributed by atoms with Gasteiger partial charge in [-0.15, -0.1) is 0 Å². The van der Waals surface area contributed by atoms with Crippen molar-refractivity contribution in [3.8, 4) is 0 Å². The molecule has 2 rings (SSSR count). The number of nitrogens with two attached hydrogens (primary N) is 1. The number of rotatable bonds is 2. The number of nitrogens with zero attached hydrogens (tertiary/aromatic N) is 1. The summed E-state index contributed by atoms with van der Waals surface area (Å²) in [6.45, 7) is 0. The van der Waals surface area contributed by atoms with Gasteiger partial charge in [-0.2, -0.15) is 0 Å². The Morgan fingerprint density at radius 1 is 1.00 bits per heavy atom. The van der Waals surface area contributed by atoms with Crippen molar-refractivity contribution < 1.29 is 26.7 Å². The summed E-state index contributed by atoms with van der Waals surface area (Å²) in [5, 5.41) is 1.59. The lowest BCUT2D eigenvalue weighted by Gasteiger charge is -2.10. The Kier molecular flexibility index (Phi) is 3.74. The van der Waals surface area contributed by atoms with Gasteiger partial charge >= 0.3 is 0 Å². The lowest BCUT2D eigenvalue weighted by atomic mass is 10.2. The third-order valence-corrected chi connectivity index (χ3v) is 2.55. The molecule has 0 bridgehead atoms. The van der Waals surface area contributed by atoms with Crippen LogP contribution in [-0.4, -0.2) is 10.9 Å². The number of nitrogens with one attached hydrogen (secondary N) is 1. The van der Waals surface area contributed by atoms with Gasteiger partial charge in [0.05, 0.1) is 5.56 Å². The van der Waals surface area contributed by atoms with E-state index < -0.39 is 40.7 Å². The van der Waals surface area contributed by atoms with E-state index in [0.717, 1.165) is 6.20 Å². The largest absolute Gasteiger partial charge is 0.398 e. The molecule has 0 radical (unpaired) electrons. The van der Waals surface area contributed by atoms with Gasteiger partial charge in [-0.1, -0.05) is 0 Å². The fourth-order valence-electron chi connectivity index (χ4n) is 1.49. The number of benzene rings is 1. The van der Waals surface area contributed by atoms with Gasteiger partial charge in [0.1, 0.15) is 5.69 Å². The van der Waals surface area contributed by atoms with Crippen LogP contribution in [0.5, 0.6) is 0 Å². The Hall–Kier alpha value is -2.71. The summed E-state index contributed by atoms with van der Waals surface area (Å²) in [6.07, 6.45) is 2.24. The molecule has 0 aliphatic heterocycles. The molecule has 3 N–H and O–H groups in total. The minimum absolute atomic E-state index is 0.0774. The highest BCUT2D eigenvalue weighted by Crippen LogP contribution is 2.27. The number of hydrogen-bond donors (Lipinski definition) is 2. The third-order valence-electron chi connectivity index (χ3n) is 2.55. The second-order valence-corrected chi connectivity index (χ2v) is 3.86. The Morgan fingerprint density at radius 3 is 2.05 bits per heavy atom. The molecular formula is C12H6F5N3O. The summed E-state index contributed by atoms with van der Waals surface area (Å²) in [5.41, 5.74) is 3.63. The van der Waals surface area contributed by atoms with Gasteiger partial charge in [0.15, 0.2) is 23.3 Å². The number of carbonyl (C=O) groups is 1. The smallest absolute Gasteiger partial charge is 0.259 e. The van der Waals surface area contributed by atoms with Crippen molar-refractivity contribution in [1.82, 2.24) is 4.98 Å². The van der Waals surface area contributed by atoms with E-state index in [9.17, 15) is 26.7 Å². The van der Waals surface area contributed by atoms with Crippen LogP contribution in [0.1, 0.15) is 10.4 Å². The summed E-state index contributed by atoms with van der Waals surface area (Å²) in [5.74, 6) is -12.1. The number of carbonyl (C=O) groups excluding carboxylic acids is 1. The lowest BCUT2D eigenvalue weighted by molar-refractivity contribution is 0.102. The van der Waals surface area contributed by atoms with Gasteiger partial charge in [0.2, 0.25) is 5.82 Å². The van der Waals surface area contributed by atoms with Crippen molar-refractivity contribution in [2.75, 3.05) is 11.1 Å². The fourth-order valence-corrected chi connectivity index (χ4v) is 1.49. The van der Waals surface area contributed by atoms with Crippen LogP contribution < -0.4 is 11.1 Å². The Morgan fingerprint density at radius 2 is 1.52 bits per heavy atom. The van der Waals surface area contributed by atoms with Gasteiger partial charge in [0, 0.05) is 18.1 Å². The molecule has 2 aromatic rings. The van der Waals surface area contributed by atoms with Gasteiger partial charge in [-0.25, -0.2) is 22.0 Å². The number of aromatic nitrogens is 1. The first-order valence-corrected chi connectivity index (χ1v) is 5.36. The van der Waals surface area contributed by atoms with E-state index in [2.05, 4.69) is 4.98 Å². The summed E-state index contributed by atoms with van der Waals surface area (Å²) >= 11 is 0. The zero-order chi connectivity index (χ0) is 15.7. The van der Waals surface area contributed by atoms with Crippen LogP contribution in [0, 0.1) is 29.1 Å². The van der Waals surface area contributed by atoms with Crippen LogP contribution in [0.15, 0.2) is 18.5 Å². The molecule has 0 aliphatic carbocycles. The normalized spacial score (nSPS) is 10.5. The van der Waals surface area contributed by atoms with Gasteiger partial charge in [-0.05, 0) is 6.07 Å². The van der Waals surface area contributed by atoms with Crippen LogP contribution in [0.2, 0.25) is 0 Å². The number of amides is 1. The summed E-state index contributed by atoms with van der Waals surface area (Å²) in [6, 6.07) is 1.23. The van der Waals surface area contributed by atoms with E-state index in [1.165, 1.54) is 12.3 Å². The average molecular weight is 303 g/mol. The molecule has 0 atom stereocenters. The van der Waals surface area contributed by atoms with Crippen LogP contribution in [0.3, 0.4) is 0 Å². The molecule has 0 fully saturated rings. The fraction of sp³-hybridized carbons (Fsp3) is 0. The second kappa shape index (κ2) is 5.35. The Labute approximate surface area is 114 Å². The molecule has 1 aromatic carbocycles. The van der Waals surface area contributed by atoms with Crippen molar-refractivity contribution in [1.29, 1.82) is 0 Å². The van der Waals surface area contributed by atoms with Gasteiger partial charge in [-0.3, -0.25) is 9.78 Å². The quantitative estimate of drug-likeness (QED) is 0.509. The highest BCUT2D eigenvalue weighted by molar-refractivity contribution is 6.07. The highest BCUT2D eigenvalue weighted by Gasteiger charge is 2.27. The highest BCUT2D eigenvalue weighted by atomic mass is 19.2. The molecule has 0 unspecified atom stereocenters. The molecule has 0 spiro atoms. The first-order valence-electron chi connectivity index (χ1n) is 5.36. The van der Waals surface area contributed by atoms with Crippen LogP contribution >= 0.6 is 0 Å². The zero-order valence-electron chi connectivity index (χ0n) is 10.1. The molecule has 0 aliphatic rings. The Balaban J connectivity index is 2.46. The summed E-state index contributed by atoms with van der Waals surface area (Å²) in [4.78, 5) is 15.3. The van der Waals surface area contributed by atoms with E-state index >= 15 is 0 Å². The number of halogens is 5. The third kappa shape index (κ3) is 2.49. The predicted octanol–water partition coefficient (Wildman–Crippen LogP) is 2.61. The van der Waals surface area contributed by atoms with E-state index in [0.29, 0.717) is 0 Å². The first kappa shape index (κ1) is 14.7. The second-order valence-electron chi connectivity index (χ2n) is 3.86. The summed E-state index contributed by atoms with van der Waals surface area (Å²) < 4.78 is 65.6. The molecule has 1 heterocycles. The maximum atomic E-state index is 13.4. The molecule has 21 heavy (non-hydrogen) atoms. The zero-order valence-corrected chi connectivity index (χ0v) is 10.1. The molecule has 1 aromatic heterocycles. The van der Waals surface area contributed by atoms with Crippen molar-refractivity contribution in [3.63, 3.8) is 0 Å². The SMILES string of the molecule is Nc1ccncc1C(=O)Nc1c(F)c(F)c(F)c(F)c1F. The van der Waals surface area contributed by atoms with Gasteiger partial charge in [0.25, 0.3) is 5.91 Å². The minimum atomic E-state index is -2.32. The summed E-state index contributed by atoms with van der Waals surface area (Å²) in [7, 11) is 0.